The third-order valence-corrected chi connectivity index (χ3v) is 1.10. The molecule has 0 fully saturated rings. The Bertz CT molecular complexity index is 80.1. The van der Waals surface area contributed by atoms with Crippen LogP contribution < -0.4 is 5.06 Å². The summed E-state index contributed by atoms with van der Waals surface area (Å²) in [5, 5.41) is 10.7. The van der Waals surface area contributed by atoms with Crippen LogP contribution in [-0.4, -0.2) is 6.54 Å². The Balaban J connectivity index is 2.36. The maximum atomic E-state index is 10.4. The van der Waals surface area contributed by atoms with Gasteiger partial charge in [-0.1, -0.05) is 0 Å². The number of allylic oxidation sites excluding steroid dienone is 1. The van der Waals surface area contributed by atoms with Crippen molar-refractivity contribution < 1.29 is 5.06 Å². The second kappa shape index (κ2) is 2.09. The molecule has 0 aromatic heterocycles. The summed E-state index contributed by atoms with van der Waals surface area (Å²) in [5.41, 5.74) is 0. The van der Waals surface area contributed by atoms with Crippen molar-refractivity contribution in [1.82, 2.24) is 0 Å². The number of hydroxylamine groups is 2. The topological polar surface area (TPSA) is 27.5 Å². The van der Waals surface area contributed by atoms with E-state index >= 15 is 0 Å². The van der Waals surface area contributed by atoms with E-state index in [1.807, 2.05) is 6.08 Å². The Hall–Kier alpha value is -0.340. The second-order valence-electron chi connectivity index (χ2n) is 1.76. The summed E-state index contributed by atoms with van der Waals surface area (Å²) in [5.74, 6) is 0. The summed E-state index contributed by atoms with van der Waals surface area (Å²) in [4.78, 5) is 0. The monoisotopic (exact) mass is 99.1 g/mol. The molecular weight excluding hydrogens is 90.1 g/mol. The number of hydrogen-bond donors (Lipinski definition) is 1. The zero-order chi connectivity index (χ0) is 5.11. The summed E-state index contributed by atoms with van der Waals surface area (Å²) in [6.07, 6.45) is 5.75. The van der Waals surface area contributed by atoms with Gasteiger partial charge in [0.1, 0.15) is 0 Å². The highest BCUT2D eigenvalue weighted by Crippen LogP contribution is 1.88. The molecule has 0 radical (unpaired) electrons. The number of rotatable bonds is 0. The molecule has 40 valence electrons. The van der Waals surface area contributed by atoms with Gasteiger partial charge in [-0.2, -0.15) is 0 Å². The van der Waals surface area contributed by atoms with E-state index in [-0.39, 0.29) is 5.06 Å². The summed E-state index contributed by atoms with van der Waals surface area (Å²) < 4.78 is 0. The predicted molar refractivity (Wildman–Crippen MR) is 27.6 cm³/mol. The molecule has 2 nitrogen and oxygen atoms in total. The Kier molecular flexibility index (Phi) is 1.44. The van der Waals surface area contributed by atoms with Gasteiger partial charge in [0.25, 0.3) is 0 Å². The molecule has 0 aromatic rings. The van der Waals surface area contributed by atoms with Gasteiger partial charge >= 0.3 is 0 Å². The fourth-order valence-electron chi connectivity index (χ4n) is 0.692. The summed E-state index contributed by atoms with van der Waals surface area (Å²) in [6.45, 7) is 0.760. The smallest absolute Gasteiger partial charge is 0.0901 e. The first-order valence-corrected chi connectivity index (χ1v) is 2.59. The minimum Gasteiger partial charge on any atom is -0.629 e. The molecule has 1 aliphatic rings. The van der Waals surface area contributed by atoms with E-state index in [1.165, 1.54) is 0 Å². The molecular formula is C5H9NO. The maximum Gasteiger partial charge on any atom is 0.0901 e. The zero-order valence-corrected chi connectivity index (χ0v) is 4.18. The molecule has 0 aliphatic carbocycles. The second-order valence-corrected chi connectivity index (χ2v) is 1.76. The van der Waals surface area contributed by atoms with Gasteiger partial charge in [0.05, 0.1) is 12.7 Å². The molecule has 0 saturated heterocycles. The largest absolute Gasteiger partial charge is 0.629 e. The van der Waals surface area contributed by atoms with E-state index in [0.29, 0.717) is 0 Å². The van der Waals surface area contributed by atoms with Gasteiger partial charge in [-0.15, -0.1) is 0 Å². The normalized spacial score (nSPS) is 30.7. The molecule has 1 heterocycles. The van der Waals surface area contributed by atoms with Crippen LogP contribution in [0, 0.1) is 5.21 Å². The van der Waals surface area contributed by atoms with Gasteiger partial charge < -0.3 is 10.3 Å². The van der Waals surface area contributed by atoms with Crippen LogP contribution in [-0.2, 0) is 0 Å². The van der Waals surface area contributed by atoms with Gasteiger partial charge in [0.15, 0.2) is 0 Å². The molecule has 0 aromatic carbocycles. The van der Waals surface area contributed by atoms with Gasteiger partial charge in [0.2, 0.25) is 0 Å². The molecule has 1 unspecified atom stereocenters. The van der Waals surface area contributed by atoms with Gasteiger partial charge in [-0.05, 0) is 12.5 Å². The van der Waals surface area contributed by atoms with Crippen LogP contribution in [0.4, 0.5) is 0 Å². The lowest BCUT2D eigenvalue weighted by Crippen LogP contribution is -3.02. The molecule has 1 aliphatic heterocycles. The van der Waals surface area contributed by atoms with Crippen molar-refractivity contribution in [1.29, 1.82) is 0 Å². The van der Waals surface area contributed by atoms with Gasteiger partial charge in [0, 0.05) is 6.42 Å². The molecule has 0 spiro atoms. The summed E-state index contributed by atoms with van der Waals surface area (Å²) in [7, 11) is 0. The Morgan fingerprint density at radius 3 is 2.71 bits per heavy atom. The molecule has 2 heteroatoms. The molecule has 1 rings (SSSR count). The van der Waals surface area contributed by atoms with Gasteiger partial charge in [-0.3, -0.25) is 0 Å². The van der Waals surface area contributed by atoms with Crippen LogP contribution in [0.5, 0.6) is 0 Å². The van der Waals surface area contributed by atoms with Crippen molar-refractivity contribution in [3.05, 3.63) is 17.5 Å². The molecule has 1 N–H and O–H groups in total. The lowest BCUT2D eigenvalue weighted by Gasteiger charge is -2.19. The fraction of sp³-hybridized carbons (Fsp3) is 0.600. The third kappa shape index (κ3) is 1.29. The van der Waals surface area contributed by atoms with E-state index in [4.69, 9.17) is 0 Å². The van der Waals surface area contributed by atoms with Crippen LogP contribution in [0.3, 0.4) is 0 Å². The SMILES string of the molecule is [O-][NH+]1C=CCCC1. The summed E-state index contributed by atoms with van der Waals surface area (Å²) >= 11 is 0. The molecule has 0 amide bonds. The summed E-state index contributed by atoms with van der Waals surface area (Å²) in [6, 6.07) is 0. The highest BCUT2D eigenvalue weighted by atomic mass is 16.5. The van der Waals surface area contributed by atoms with Crippen molar-refractivity contribution in [2.24, 2.45) is 0 Å². The van der Waals surface area contributed by atoms with Crippen LogP contribution in [0.25, 0.3) is 0 Å². The van der Waals surface area contributed by atoms with Crippen molar-refractivity contribution in [2.75, 3.05) is 6.54 Å². The van der Waals surface area contributed by atoms with E-state index in [0.717, 1.165) is 19.4 Å². The van der Waals surface area contributed by atoms with E-state index < -0.39 is 0 Å². The van der Waals surface area contributed by atoms with Crippen molar-refractivity contribution in [3.63, 3.8) is 0 Å². The van der Waals surface area contributed by atoms with Crippen molar-refractivity contribution in [2.45, 2.75) is 12.8 Å². The third-order valence-electron chi connectivity index (χ3n) is 1.10. The number of hydrogen-bond acceptors (Lipinski definition) is 1. The van der Waals surface area contributed by atoms with E-state index in [9.17, 15) is 5.21 Å². The first-order chi connectivity index (χ1) is 3.39. The maximum absolute atomic E-state index is 10.4. The van der Waals surface area contributed by atoms with Crippen LogP contribution in [0.2, 0.25) is 0 Å². The predicted octanol–water partition coefficient (Wildman–Crippen LogP) is -0.323. The van der Waals surface area contributed by atoms with Gasteiger partial charge in [-0.25, -0.2) is 0 Å². The highest BCUT2D eigenvalue weighted by molar-refractivity contribution is 4.75. The Morgan fingerprint density at radius 2 is 2.43 bits per heavy atom. The Morgan fingerprint density at radius 1 is 1.57 bits per heavy atom. The van der Waals surface area contributed by atoms with E-state index in [1.54, 1.807) is 6.20 Å². The first-order valence-electron chi connectivity index (χ1n) is 2.59. The lowest BCUT2D eigenvalue weighted by atomic mass is 10.2. The molecule has 0 bridgehead atoms. The molecule has 7 heavy (non-hydrogen) atoms. The molecule has 0 saturated carbocycles. The zero-order valence-electron chi connectivity index (χ0n) is 4.18. The Labute approximate surface area is 43.0 Å². The van der Waals surface area contributed by atoms with Crippen LogP contribution in [0.1, 0.15) is 12.8 Å². The van der Waals surface area contributed by atoms with Crippen molar-refractivity contribution in [3.8, 4) is 0 Å². The molecule has 1 atom stereocenters. The van der Waals surface area contributed by atoms with Crippen molar-refractivity contribution >= 4 is 0 Å². The quantitative estimate of drug-likeness (QED) is 0.414. The lowest BCUT2D eigenvalue weighted by molar-refractivity contribution is -0.793. The average molecular weight is 99.1 g/mol. The standard InChI is InChI=1S/C5H9NO/c7-6-4-2-1-3-5-6/h2,4,6H,1,3,5H2. The number of quaternary nitrogens is 1. The minimum absolute atomic E-state index is 0.284. The van der Waals surface area contributed by atoms with Crippen LogP contribution >= 0.6 is 0 Å². The minimum atomic E-state index is 0.284. The van der Waals surface area contributed by atoms with E-state index in [2.05, 4.69) is 0 Å². The average Bonchev–Trinajstić information content (AvgIpc) is 1.69. The highest BCUT2D eigenvalue weighted by Gasteiger charge is 1.95. The van der Waals surface area contributed by atoms with Crippen LogP contribution in [0.15, 0.2) is 12.3 Å². The fourth-order valence-corrected chi connectivity index (χ4v) is 0.692. The first kappa shape index (κ1) is 4.81. The number of nitrogens with one attached hydrogen (secondary N) is 1.